The van der Waals surface area contributed by atoms with Crippen LogP contribution in [0, 0.1) is 31.0 Å². The van der Waals surface area contributed by atoms with Crippen molar-refractivity contribution in [3.8, 4) is 17.4 Å². The van der Waals surface area contributed by atoms with Crippen LogP contribution in [-0.4, -0.2) is 25.6 Å². The van der Waals surface area contributed by atoms with Gasteiger partial charge in [0.2, 0.25) is 10.0 Å². The van der Waals surface area contributed by atoms with Crippen molar-refractivity contribution in [2.24, 2.45) is 0 Å². The summed E-state index contributed by atoms with van der Waals surface area (Å²) in [6, 6.07) is 11.7. The van der Waals surface area contributed by atoms with Crippen molar-refractivity contribution in [1.29, 1.82) is 5.26 Å². The smallest absolute Gasteiger partial charge is 0.285 e. The Balaban J connectivity index is 1.88. The number of sulfonamides is 1. The number of aryl methyl sites for hydroxylation is 1. The number of halogens is 2. The third kappa shape index (κ3) is 5.62. The molecule has 0 saturated heterocycles. The molecule has 0 aliphatic rings. The number of fused-ring (bicyclic) bond motifs is 1. The summed E-state index contributed by atoms with van der Waals surface area (Å²) in [6.45, 7) is 5.05. The van der Waals surface area contributed by atoms with Gasteiger partial charge in [-0.05, 0) is 56.7 Å². The quantitative estimate of drug-likeness (QED) is 0.309. The van der Waals surface area contributed by atoms with Gasteiger partial charge in [0.25, 0.3) is 5.91 Å². The van der Waals surface area contributed by atoms with Crippen molar-refractivity contribution in [3.63, 3.8) is 0 Å². The van der Waals surface area contributed by atoms with Crippen LogP contribution in [0.3, 0.4) is 0 Å². The lowest BCUT2D eigenvalue weighted by atomic mass is 9.98. The lowest BCUT2D eigenvalue weighted by molar-refractivity contribution is 0.0977. The summed E-state index contributed by atoms with van der Waals surface area (Å²) in [6.07, 6.45) is 0.834. The first-order valence-electron chi connectivity index (χ1n) is 11.5. The maximum absolute atomic E-state index is 15.1. The monoisotopic (exact) mass is 568 g/mol. The van der Waals surface area contributed by atoms with Crippen LogP contribution in [0.1, 0.15) is 45.7 Å². The SMILES string of the molecule is Cc1cc(C(C)Nc2ccc(Cl)nc2C(=O)NS(C)(=O)=O)c2oc(-c3cccc(C#N)c3F)c(C)c(=O)c2c1. The number of rotatable bonds is 6. The van der Waals surface area contributed by atoms with Gasteiger partial charge in [0.1, 0.15) is 22.6 Å². The Labute approximate surface area is 228 Å². The molecule has 4 aromatic rings. The largest absolute Gasteiger partial charge is 0.455 e. The number of aromatic nitrogens is 1. The van der Waals surface area contributed by atoms with Crippen molar-refractivity contribution in [3.05, 3.63) is 91.6 Å². The molecule has 0 saturated carbocycles. The zero-order valence-corrected chi connectivity index (χ0v) is 22.8. The van der Waals surface area contributed by atoms with Gasteiger partial charge >= 0.3 is 0 Å². The zero-order valence-electron chi connectivity index (χ0n) is 21.2. The molecule has 1 atom stereocenters. The molecule has 2 heterocycles. The Morgan fingerprint density at radius 2 is 1.92 bits per heavy atom. The van der Waals surface area contributed by atoms with E-state index in [9.17, 15) is 23.3 Å². The minimum atomic E-state index is -3.88. The van der Waals surface area contributed by atoms with Gasteiger partial charge in [0.05, 0.1) is 34.5 Å². The molecule has 0 radical (unpaired) electrons. The van der Waals surface area contributed by atoms with E-state index in [1.807, 2.05) is 4.72 Å². The molecule has 4 rings (SSSR count). The summed E-state index contributed by atoms with van der Waals surface area (Å²) in [5, 5.41) is 12.6. The number of hydrogen-bond donors (Lipinski definition) is 2. The Hall–Kier alpha value is -4.27. The molecule has 0 fully saturated rings. The Morgan fingerprint density at radius 1 is 1.21 bits per heavy atom. The second-order valence-electron chi connectivity index (χ2n) is 8.99. The summed E-state index contributed by atoms with van der Waals surface area (Å²) in [5.74, 6) is -1.80. The molecule has 39 heavy (non-hydrogen) atoms. The predicted octanol–water partition coefficient (Wildman–Crippen LogP) is 5.00. The van der Waals surface area contributed by atoms with E-state index >= 15 is 4.39 Å². The van der Waals surface area contributed by atoms with Crippen LogP contribution in [0.2, 0.25) is 5.15 Å². The van der Waals surface area contributed by atoms with E-state index in [4.69, 9.17) is 16.0 Å². The number of carbonyl (C=O) groups is 1. The molecular weight excluding hydrogens is 547 g/mol. The highest BCUT2D eigenvalue weighted by Crippen LogP contribution is 2.34. The van der Waals surface area contributed by atoms with E-state index in [2.05, 4.69) is 10.3 Å². The molecule has 1 unspecified atom stereocenters. The van der Waals surface area contributed by atoms with Gasteiger partial charge in [-0.3, -0.25) is 9.59 Å². The first-order chi connectivity index (χ1) is 18.3. The topological polar surface area (TPSA) is 142 Å². The van der Waals surface area contributed by atoms with Crippen LogP contribution in [0.5, 0.6) is 0 Å². The van der Waals surface area contributed by atoms with Crippen LogP contribution < -0.4 is 15.5 Å². The molecule has 0 bridgehead atoms. The number of nitrogens with one attached hydrogen (secondary N) is 2. The van der Waals surface area contributed by atoms with Gasteiger partial charge in [0, 0.05) is 11.1 Å². The van der Waals surface area contributed by atoms with E-state index in [1.54, 1.807) is 32.0 Å². The highest BCUT2D eigenvalue weighted by Gasteiger charge is 2.23. The Kier molecular flexibility index (Phi) is 7.46. The van der Waals surface area contributed by atoms with Gasteiger partial charge in [-0.1, -0.05) is 23.7 Å². The molecule has 2 aromatic carbocycles. The minimum absolute atomic E-state index is 0.0132. The number of benzene rings is 2. The fraction of sp³-hybridized carbons (Fsp3) is 0.185. The molecule has 0 aliphatic carbocycles. The highest BCUT2D eigenvalue weighted by molar-refractivity contribution is 7.89. The number of anilines is 1. The summed E-state index contributed by atoms with van der Waals surface area (Å²) in [4.78, 5) is 30.0. The molecule has 2 aromatic heterocycles. The first kappa shape index (κ1) is 27.8. The maximum atomic E-state index is 15.1. The lowest BCUT2D eigenvalue weighted by Gasteiger charge is -2.20. The second-order valence-corrected chi connectivity index (χ2v) is 11.1. The van der Waals surface area contributed by atoms with E-state index in [1.165, 1.54) is 37.3 Å². The molecule has 2 N–H and O–H groups in total. The van der Waals surface area contributed by atoms with Crippen LogP contribution in [-0.2, 0) is 10.0 Å². The number of carbonyl (C=O) groups excluding carboxylic acids is 1. The van der Waals surface area contributed by atoms with Crippen LogP contribution >= 0.6 is 11.6 Å². The molecule has 12 heteroatoms. The van der Waals surface area contributed by atoms with Crippen LogP contribution in [0.4, 0.5) is 10.1 Å². The molecule has 200 valence electrons. The Bertz CT molecular complexity index is 1870. The summed E-state index contributed by atoms with van der Waals surface area (Å²) in [7, 11) is -3.88. The number of pyridine rings is 1. The number of nitrogens with zero attached hydrogens (tertiary/aromatic N) is 2. The summed E-state index contributed by atoms with van der Waals surface area (Å²) in [5.41, 5.74) is 0.925. The molecule has 0 aliphatic heterocycles. The number of nitriles is 1. The standard InChI is InChI=1S/C27H22ClFN4O5S/c1-13-10-18(15(3)31-20-8-9-21(28)32-23(20)27(35)33-39(4,36)37)26-19(11-13)24(34)14(2)25(38-26)17-7-5-6-16(12-30)22(17)29/h5-11,15,31H,1-4H3,(H,33,35). The lowest BCUT2D eigenvalue weighted by Crippen LogP contribution is -2.31. The van der Waals surface area contributed by atoms with E-state index in [0.717, 1.165) is 11.8 Å². The highest BCUT2D eigenvalue weighted by atomic mass is 35.5. The third-order valence-corrected chi connectivity index (χ3v) is 6.72. The fourth-order valence-corrected chi connectivity index (χ4v) is 4.77. The third-order valence-electron chi connectivity index (χ3n) is 5.95. The average molecular weight is 569 g/mol. The van der Waals surface area contributed by atoms with Crippen LogP contribution in [0.25, 0.3) is 22.3 Å². The molecule has 0 spiro atoms. The average Bonchev–Trinajstić information content (AvgIpc) is 2.86. The maximum Gasteiger partial charge on any atom is 0.285 e. The normalized spacial score (nSPS) is 12.1. The van der Waals surface area contributed by atoms with Crippen molar-refractivity contribution in [1.82, 2.24) is 9.71 Å². The van der Waals surface area contributed by atoms with Crippen molar-refractivity contribution >= 4 is 44.2 Å². The van der Waals surface area contributed by atoms with Crippen molar-refractivity contribution < 1.29 is 22.0 Å². The first-order valence-corrected chi connectivity index (χ1v) is 13.8. The molecule has 9 nitrogen and oxygen atoms in total. The number of hydrogen-bond acceptors (Lipinski definition) is 8. The number of amides is 1. The molecular formula is C27H22ClFN4O5S. The predicted molar refractivity (Wildman–Crippen MR) is 146 cm³/mol. The van der Waals surface area contributed by atoms with Gasteiger partial charge in [-0.25, -0.2) is 22.5 Å². The van der Waals surface area contributed by atoms with E-state index < -0.39 is 27.8 Å². The summed E-state index contributed by atoms with van der Waals surface area (Å²) >= 11 is 5.96. The second kappa shape index (κ2) is 10.5. The van der Waals surface area contributed by atoms with Crippen LogP contribution in [0.15, 0.2) is 51.7 Å². The van der Waals surface area contributed by atoms with Crippen molar-refractivity contribution in [2.45, 2.75) is 26.8 Å². The van der Waals surface area contributed by atoms with E-state index in [0.29, 0.717) is 5.56 Å². The zero-order chi connectivity index (χ0) is 28.6. The minimum Gasteiger partial charge on any atom is -0.455 e. The summed E-state index contributed by atoms with van der Waals surface area (Å²) < 4.78 is 46.3. The Morgan fingerprint density at radius 3 is 2.59 bits per heavy atom. The van der Waals surface area contributed by atoms with E-state index in [-0.39, 0.29) is 55.4 Å². The van der Waals surface area contributed by atoms with Gasteiger partial charge in [0.15, 0.2) is 16.9 Å². The van der Waals surface area contributed by atoms with Gasteiger partial charge in [-0.15, -0.1) is 0 Å². The fourth-order valence-electron chi connectivity index (χ4n) is 4.19. The van der Waals surface area contributed by atoms with Gasteiger partial charge in [-0.2, -0.15) is 5.26 Å². The molecule has 1 amide bonds. The van der Waals surface area contributed by atoms with Gasteiger partial charge < -0.3 is 9.73 Å². The van der Waals surface area contributed by atoms with Crippen molar-refractivity contribution in [2.75, 3.05) is 11.6 Å².